The highest BCUT2D eigenvalue weighted by Gasteiger charge is 2.11. The van der Waals surface area contributed by atoms with Crippen LogP contribution in [0.3, 0.4) is 0 Å². The van der Waals surface area contributed by atoms with Gasteiger partial charge >= 0.3 is 0 Å². The number of fused-ring (bicyclic) bond motifs is 1. The molecule has 0 radical (unpaired) electrons. The van der Waals surface area contributed by atoms with Gasteiger partial charge in [-0.05, 0) is 35.4 Å². The quantitative estimate of drug-likeness (QED) is 0.451. The first-order chi connectivity index (χ1) is 12.6. The molecule has 2 aromatic heterocycles. The molecule has 0 atom stereocenters. The predicted molar refractivity (Wildman–Crippen MR) is 96.3 cm³/mol. The van der Waals surface area contributed by atoms with E-state index >= 15 is 0 Å². The van der Waals surface area contributed by atoms with Crippen LogP contribution in [-0.2, 0) is 12.8 Å². The zero-order valence-corrected chi connectivity index (χ0v) is 13.7. The molecule has 7 heteroatoms. The molecule has 0 fully saturated rings. The minimum Gasteiger partial charge on any atom is -0.508 e. The van der Waals surface area contributed by atoms with Gasteiger partial charge in [0.2, 0.25) is 0 Å². The number of aromatic nitrogens is 4. The Morgan fingerprint density at radius 3 is 1.69 bits per heavy atom. The lowest BCUT2D eigenvalue weighted by Crippen LogP contribution is -2.12. The molecule has 0 aliphatic carbocycles. The first-order valence-electron chi connectivity index (χ1n) is 8.10. The van der Waals surface area contributed by atoms with Crippen LogP contribution < -0.4 is 5.56 Å². The van der Waals surface area contributed by atoms with E-state index in [1.165, 1.54) is 0 Å². The van der Waals surface area contributed by atoms with Crippen molar-refractivity contribution in [1.82, 2.24) is 19.9 Å². The topological polar surface area (TPSA) is 115 Å². The summed E-state index contributed by atoms with van der Waals surface area (Å²) in [6.45, 7) is 0. The summed E-state index contributed by atoms with van der Waals surface area (Å²) in [4.78, 5) is 26.9. The van der Waals surface area contributed by atoms with Crippen molar-refractivity contribution in [2.24, 2.45) is 0 Å². The number of H-pyrrole nitrogens is 2. The lowest BCUT2D eigenvalue weighted by atomic mass is 10.1. The standard InChI is InChI=1S/C19H16N4O3/c24-13-5-1-11(2-6-13)9-15-20-17-18(21-15)22-16(23-19(17)26)10-12-3-7-14(25)8-4-12/h1-8,24-25H,9-10H2,(H2,20,21,22,23,26). The fraction of sp³-hybridized carbons (Fsp3) is 0.105. The summed E-state index contributed by atoms with van der Waals surface area (Å²) >= 11 is 0. The maximum atomic E-state index is 12.3. The Morgan fingerprint density at radius 2 is 1.19 bits per heavy atom. The number of hydrogen-bond acceptors (Lipinski definition) is 5. The third kappa shape index (κ3) is 3.27. The third-order valence-corrected chi connectivity index (χ3v) is 4.08. The molecule has 0 aliphatic heterocycles. The Labute approximate surface area is 148 Å². The predicted octanol–water partition coefficient (Wildman–Crippen LogP) is 2.24. The Kier molecular flexibility index (Phi) is 3.89. The molecule has 26 heavy (non-hydrogen) atoms. The molecule has 7 nitrogen and oxygen atoms in total. The van der Waals surface area contributed by atoms with Gasteiger partial charge in [0.05, 0.1) is 0 Å². The highest BCUT2D eigenvalue weighted by molar-refractivity contribution is 5.69. The van der Waals surface area contributed by atoms with Crippen LogP contribution in [0.1, 0.15) is 22.8 Å². The lowest BCUT2D eigenvalue weighted by molar-refractivity contribution is 0.474. The largest absolute Gasteiger partial charge is 0.508 e. The highest BCUT2D eigenvalue weighted by atomic mass is 16.3. The second-order valence-electron chi connectivity index (χ2n) is 6.08. The van der Waals surface area contributed by atoms with Crippen molar-refractivity contribution >= 4 is 11.2 Å². The second kappa shape index (κ2) is 6.36. The van der Waals surface area contributed by atoms with Crippen LogP contribution in [-0.4, -0.2) is 30.1 Å². The van der Waals surface area contributed by atoms with Gasteiger partial charge in [-0.15, -0.1) is 0 Å². The van der Waals surface area contributed by atoms with Crippen molar-refractivity contribution in [3.8, 4) is 11.5 Å². The van der Waals surface area contributed by atoms with E-state index in [1.54, 1.807) is 48.5 Å². The van der Waals surface area contributed by atoms with Crippen LogP contribution >= 0.6 is 0 Å². The van der Waals surface area contributed by atoms with Crippen LogP contribution in [0.5, 0.6) is 11.5 Å². The van der Waals surface area contributed by atoms with Gasteiger partial charge in [-0.25, -0.2) is 9.97 Å². The highest BCUT2D eigenvalue weighted by Crippen LogP contribution is 2.15. The first-order valence-corrected chi connectivity index (χ1v) is 8.10. The zero-order chi connectivity index (χ0) is 18.1. The van der Waals surface area contributed by atoms with Gasteiger partial charge < -0.3 is 20.2 Å². The van der Waals surface area contributed by atoms with Crippen LogP contribution in [0.4, 0.5) is 0 Å². The van der Waals surface area contributed by atoms with Crippen LogP contribution in [0.25, 0.3) is 11.2 Å². The number of nitrogens with one attached hydrogen (secondary N) is 2. The summed E-state index contributed by atoms with van der Waals surface area (Å²) in [5.74, 6) is 1.54. The van der Waals surface area contributed by atoms with E-state index in [1.807, 2.05) is 0 Å². The summed E-state index contributed by atoms with van der Waals surface area (Å²) in [6.07, 6.45) is 0.939. The lowest BCUT2D eigenvalue weighted by Gasteiger charge is -2.01. The first kappa shape index (κ1) is 15.9. The van der Waals surface area contributed by atoms with E-state index in [4.69, 9.17) is 0 Å². The Hall–Kier alpha value is -3.61. The SMILES string of the molecule is O=c1[nH]c(Cc2ccc(O)cc2)nc2nc(Cc3ccc(O)cc3)[nH]c12. The molecule has 0 amide bonds. The molecule has 0 saturated heterocycles. The van der Waals surface area contributed by atoms with E-state index in [0.717, 1.165) is 11.1 Å². The molecule has 4 aromatic rings. The molecule has 4 rings (SSSR count). The number of rotatable bonds is 4. The normalized spacial score (nSPS) is 11.1. The van der Waals surface area contributed by atoms with Gasteiger partial charge in [0, 0.05) is 12.8 Å². The van der Waals surface area contributed by atoms with Crippen molar-refractivity contribution in [3.05, 3.63) is 81.7 Å². The second-order valence-corrected chi connectivity index (χ2v) is 6.08. The number of aromatic hydroxyl groups is 2. The Bertz CT molecular complexity index is 1110. The van der Waals surface area contributed by atoms with Crippen LogP contribution in [0.15, 0.2) is 53.3 Å². The smallest absolute Gasteiger partial charge is 0.276 e. The maximum Gasteiger partial charge on any atom is 0.276 e. The number of phenols is 2. The molecular weight excluding hydrogens is 332 g/mol. The van der Waals surface area contributed by atoms with Crippen molar-refractivity contribution < 1.29 is 10.2 Å². The van der Waals surface area contributed by atoms with Gasteiger partial charge in [-0.3, -0.25) is 4.79 Å². The van der Waals surface area contributed by atoms with Crippen LogP contribution in [0, 0.1) is 0 Å². The molecule has 0 spiro atoms. The molecular formula is C19H16N4O3. The zero-order valence-electron chi connectivity index (χ0n) is 13.7. The summed E-state index contributed by atoms with van der Waals surface area (Å²) in [6, 6.07) is 13.6. The minimum absolute atomic E-state index is 0.192. The molecule has 0 aliphatic rings. The molecule has 0 saturated carbocycles. The Morgan fingerprint density at radius 1 is 0.731 bits per heavy atom. The average molecular weight is 348 g/mol. The monoisotopic (exact) mass is 348 g/mol. The number of aromatic amines is 2. The van der Waals surface area contributed by atoms with Crippen molar-refractivity contribution in [1.29, 1.82) is 0 Å². The molecule has 0 unspecified atom stereocenters. The summed E-state index contributed by atoms with van der Waals surface area (Å²) < 4.78 is 0. The van der Waals surface area contributed by atoms with Crippen molar-refractivity contribution in [3.63, 3.8) is 0 Å². The minimum atomic E-state index is -0.270. The van der Waals surface area contributed by atoms with Gasteiger partial charge in [0.1, 0.15) is 23.1 Å². The molecule has 4 N–H and O–H groups in total. The Balaban J connectivity index is 1.63. The van der Waals surface area contributed by atoms with E-state index in [-0.39, 0.29) is 17.1 Å². The number of imidazole rings is 1. The summed E-state index contributed by atoms with van der Waals surface area (Å²) in [5, 5.41) is 18.7. The molecule has 0 bridgehead atoms. The fourth-order valence-electron chi connectivity index (χ4n) is 2.78. The number of hydrogen-bond donors (Lipinski definition) is 4. The fourth-order valence-corrected chi connectivity index (χ4v) is 2.78. The van der Waals surface area contributed by atoms with Gasteiger partial charge in [-0.2, -0.15) is 0 Å². The van der Waals surface area contributed by atoms with E-state index in [0.29, 0.717) is 35.7 Å². The summed E-state index contributed by atoms with van der Waals surface area (Å²) in [5.41, 5.74) is 2.32. The van der Waals surface area contributed by atoms with Gasteiger partial charge in [0.25, 0.3) is 5.56 Å². The van der Waals surface area contributed by atoms with E-state index < -0.39 is 0 Å². The van der Waals surface area contributed by atoms with Gasteiger partial charge in [0.15, 0.2) is 11.2 Å². The molecule has 130 valence electrons. The van der Waals surface area contributed by atoms with E-state index in [9.17, 15) is 15.0 Å². The summed E-state index contributed by atoms with van der Waals surface area (Å²) in [7, 11) is 0. The van der Waals surface area contributed by atoms with Crippen molar-refractivity contribution in [2.75, 3.05) is 0 Å². The number of nitrogens with zero attached hydrogens (tertiary/aromatic N) is 2. The average Bonchev–Trinajstić information content (AvgIpc) is 3.02. The number of phenolic OH excluding ortho intramolecular Hbond substituents is 2. The van der Waals surface area contributed by atoms with Gasteiger partial charge in [-0.1, -0.05) is 24.3 Å². The van der Waals surface area contributed by atoms with E-state index in [2.05, 4.69) is 19.9 Å². The molecule has 2 heterocycles. The maximum absolute atomic E-state index is 12.3. The van der Waals surface area contributed by atoms with Crippen LogP contribution in [0.2, 0.25) is 0 Å². The third-order valence-electron chi connectivity index (χ3n) is 4.08. The number of benzene rings is 2. The molecule has 2 aromatic carbocycles. The van der Waals surface area contributed by atoms with Crippen molar-refractivity contribution in [2.45, 2.75) is 12.8 Å².